The summed E-state index contributed by atoms with van der Waals surface area (Å²) in [4.78, 5) is 0. The van der Waals surface area contributed by atoms with Crippen molar-refractivity contribution in [1.29, 1.82) is 0 Å². The van der Waals surface area contributed by atoms with Gasteiger partial charge < -0.3 is 9.32 Å². The van der Waals surface area contributed by atoms with Crippen LogP contribution in [-0.2, 0) is 0 Å². The Hall–Kier alpha value is 2.23. The molecule has 0 aliphatic rings. The molecule has 6 heteroatoms. The minimum absolute atomic E-state index is 0. The van der Waals surface area contributed by atoms with Crippen LogP contribution in [0.5, 0.6) is 0 Å². The molecular formula is H2Cl2INaO2. The van der Waals surface area contributed by atoms with Crippen molar-refractivity contribution in [3.63, 3.8) is 0 Å². The first kappa shape index (κ1) is 24.0. The standard InChI is InChI=1S/2ClO.H2I.Na/c2*1-2;;/h;;1H2;/q2*-1;2*+1. The molecule has 36 valence electrons. The molecule has 0 aliphatic heterocycles. The van der Waals surface area contributed by atoms with E-state index in [1.165, 1.54) is 0 Å². The van der Waals surface area contributed by atoms with E-state index in [9.17, 15) is 0 Å². The Labute approximate surface area is 85.5 Å². The van der Waals surface area contributed by atoms with Crippen LogP contribution < -0.4 is 62.9 Å². The third kappa shape index (κ3) is 34.3. The summed E-state index contributed by atoms with van der Waals surface area (Å²) in [5.74, 6) is 0. The molecule has 0 unspecified atom stereocenters. The predicted molar refractivity (Wildman–Crippen MR) is 14.5 cm³/mol. The van der Waals surface area contributed by atoms with Crippen molar-refractivity contribution in [1.82, 2.24) is 0 Å². The average molecular weight is 255 g/mol. The first-order chi connectivity index (χ1) is 2.00. The molecule has 6 heavy (non-hydrogen) atoms. The third-order valence-electron chi connectivity index (χ3n) is 0. The van der Waals surface area contributed by atoms with Gasteiger partial charge in [0.15, 0.2) is 0 Å². The van der Waals surface area contributed by atoms with Crippen LogP contribution in [-0.4, -0.2) is 0 Å². The Balaban J connectivity index is -0.00000000500. The smallest absolute Gasteiger partial charge is 0.769 e. The summed E-state index contributed by atoms with van der Waals surface area (Å²) in [5, 5.41) is 0. The largest absolute Gasteiger partial charge is 1.00 e. The van der Waals surface area contributed by atoms with Gasteiger partial charge in [-0.25, -0.2) is 23.7 Å². The average Bonchev–Trinajstić information content (AvgIpc) is 1.50. The maximum absolute atomic E-state index is 7.72. The van der Waals surface area contributed by atoms with Gasteiger partial charge in [0.2, 0.25) is 24.0 Å². The fraction of sp³-hybridized carbons (Fsp3) is 0. The number of halogens is 3. The molecule has 0 amide bonds. The van der Waals surface area contributed by atoms with Gasteiger partial charge in [0.25, 0.3) is 0 Å². The molecule has 0 fully saturated rings. The Bertz CT molecular complexity index is 11.5. The van der Waals surface area contributed by atoms with Crippen LogP contribution in [0.15, 0.2) is 0 Å². The van der Waals surface area contributed by atoms with Gasteiger partial charge in [-0.05, 0) is 0 Å². The van der Waals surface area contributed by atoms with Crippen LogP contribution in [0.4, 0.5) is 0 Å². The zero-order valence-electron chi connectivity index (χ0n) is 3.02. The minimum Gasteiger partial charge on any atom is -0.769 e. The van der Waals surface area contributed by atoms with Crippen molar-refractivity contribution in [2.75, 3.05) is 0 Å². The zero-order chi connectivity index (χ0) is 4.00. The van der Waals surface area contributed by atoms with E-state index in [1.54, 1.807) is 0 Å². The Morgan fingerprint density at radius 1 is 0.833 bits per heavy atom. The Morgan fingerprint density at radius 2 is 0.833 bits per heavy atom. The quantitative estimate of drug-likeness (QED) is 0.319. The second-order valence-corrected chi connectivity index (χ2v) is 0. The fourth-order valence-electron chi connectivity index (χ4n) is 0. The molecule has 0 N–H and O–H groups in total. The van der Waals surface area contributed by atoms with E-state index >= 15 is 0 Å². The van der Waals surface area contributed by atoms with Crippen LogP contribution in [0, 0.1) is 0 Å². The van der Waals surface area contributed by atoms with Crippen LogP contribution in [0.1, 0.15) is 0 Å². The molecule has 0 rings (SSSR count). The van der Waals surface area contributed by atoms with Crippen molar-refractivity contribution in [2.45, 2.75) is 0 Å². The van der Waals surface area contributed by atoms with E-state index < -0.39 is 0 Å². The van der Waals surface area contributed by atoms with Gasteiger partial charge in [0.1, 0.15) is 0 Å². The van der Waals surface area contributed by atoms with Gasteiger partial charge in [-0.3, -0.25) is 0 Å². The molecule has 0 saturated heterocycles. The zero-order valence-corrected chi connectivity index (χ0v) is 9.08. The number of rotatable bonds is 0. The van der Waals surface area contributed by atoms with Crippen molar-refractivity contribution < 1.29 is 62.9 Å². The van der Waals surface area contributed by atoms with Crippen molar-refractivity contribution in [3.05, 3.63) is 0 Å². The Kier molecular flexibility index (Phi) is 226. The molecule has 0 bridgehead atoms. The van der Waals surface area contributed by atoms with Gasteiger partial charge in [-0.2, -0.15) is 0 Å². The number of hydrogen-bond acceptors (Lipinski definition) is 2. The van der Waals surface area contributed by atoms with Gasteiger partial charge in [-0.1, -0.05) is 0 Å². The molecule has 0 atom stereocenters. The van der Waals surface area contributed by atoms with Gasteiger partial charge in [-0.15, -0.1) is 0 Å². The van der Waals surface area contributed by atoms with E-state index in [1.807, 2.05) is 0 Å². The maximum Gasteiger partial charge on any atom is 1.00 e. The van der Waals surface area contributed by atoms with Crippen LogP contribution in [0.25, 0.3) is 0 Å². The third-order valence-corrected chi connectivity index (χ3v) is 0. The normalized spacial score (nSPS) is 2.00. The van der Waals surface area contributed by atoms with Crippen LogP contribution in [0.2, 0.25) is 0 Å². The van der Waals surface area contributed by atoms with Crippen molar-refractivity contribution >= 4 is 23.7 Å². The first-order valence-corrected chi connectivity index (χ1v) is 0.926. The molecule has 0 aliphatic carbocycles. The fourth-order valence-corrected chi connectivity index (χ4v) is 0. The van der Waals surface area contributed by atoms with Gasteiger partial charge in [0.05, 0.1) is 0 Å². The molecule has 0 heterocycles. The van der Waals surface area contributed by atoms with E-state index in [-0.39, 0.29) is 53.5 Å². The molecule has 0 aromatic heterocycles. The summed E-state index contributed by atoms with van der Waals surface area (Å²) < 4.78 is 15.4. The van der Waals surface area contributed by atoms with Crippen LogP contribution in [0.3, 0.4) is 0 Å². The molecular weight excluding hydrogens is 253 g/mol. The molecule has 0 aromatic rings. The van der Waals surface area contributed by atoms with Gasteiger partial charge >= 0.3 is 29.6 Å². The summed E-state index contributed by atoms with van der Waals surface area (Å²) in [7, 11) is 0. The van der Waals surface area contributed by atoms with Crippen molar-refractivity contribution in [3.8, 4) is 0 Å². The topological polar surface area (TPSA) is 46.1 Å². The Morgan fingerprint density at radius 3 is 0.833 bits per heavy atom. The van der Waals surface area contributed by atoms with E-state index in [4.69, 9.17) is 9.32 Å². The summed E-state index contributed by atoms with van der Waals surface area (Å²) in [6, 6.07) is 0. The van der Waals surface area contributed by atoms with E-state index in [2.05, 4.69) is 23.7 Å². The SMILES string of the molecule is [IH2+].[Na+].[O-]Cl.[O-]Cl. The molecule has 0 spiro atoms. The minimum atomic E-state index is 0. The maximum atomic E-state index is 7.72. The van der Waals surface area contributed by atoms with E-state index in [0.717, 1.165) is 0 Å². The summed E-state index contributed by atoms with van der Waals surface area (Å²) in [6.07, 6.45) is 0. The summed E-state index contributed by atoms with van der Waals surface area (Å²) in [5.41, 5.74) is 0. The van der Waals surface area contributed by atoms with Crippen molar-refractivity contribution in [2.24, 2.45) is 0 Å². The van der Waals surface area contributed by atoms with E-state index in [0.29, 0.717) is 0 Å². The molecule has 0 radical (unpaired) electrons. The molecule has 2 nitrogen and oxygen atoms in total. The summed E-state index contributed by atoms with van der Waals surface area (Å²) >= 11 is 6.78. The monoisotopic (exact) mass is 254 g/mol. The number of hydrogen-bond donors (Lipinski definition) is 0. The molecule has 0 aromatic carbocycles. The van der Waals surface area contributed by atoms with Crippen LogP contribution >= 0.6 is 23.7 Å². The first-order valence-electron chi connectivity index (χ1n) is 0.309. The predicted octanol–water partition coefficient (Wildman–Crippen LogP) is -7.53. The second kappa shape index (κ2) is 56.4. The summed E-state index contributed by atoms with van der Waals surface area (Å²) in [6.45, 7) is 0. The van der Waals surface area contributed by atoms with Gasteiger partial charge in [0, 0.05) is 0 Å². The second-order valence-electron chi connectivity index (χ2n) is 0. The molecule has 0 saturated carbocycles.